The Balaban J connectivity index is 1.25. The molecule has 6 rings (SSSR count). The van der Waals surface area contributed by atoms with Crippen LogP contribution in [0.5, 0.6) is 0 Å². The molecule has 6 heteroatoms. The molecular formula is C26H25N5O. The molecule has 160 valence electrons. The zero-order valence-electron chi connectivity index (χ0n) is 18.2. The van der Waals surface area contributed by atoms with Crippen LogP contribution < -0.4 is 4.90 Å². The molecule has 1 aliphatic heterocycles. The summed E-state index contributed by atoms with van der Waals surface area (Å²) >= 11 is 0. The number of hydrogen-bond donors (Lipinski definition) is 0. The molecule has 0 radical (unpaired) electrons. The molecule has 0 spiro atoms. The summed E-state index contributed by atoms with van der Waals surface area (Å²) < 4.78 is 5.27. The van der Waals surface area contributed by atoms with Gasteiger partial charge >= 0.3 is 0 Å². The molecule has 6 nitrogen and oxygen atoms in total. The largest absolute Gasteiger partial charge is 0.421 e. The normalized spacial score (nSPS) is 17.0. The van der Waals surface area contributed by atoms with E-state index in [1.54, 1.807) is 0 Å². The number of rotatable bonds is 4. The lowest BCUT2D eigenvalue weighted by molar-refractivity contribution is 0.301. The lowest BCUT2D eigenvalue weighted by Gasteiger charge is -2.43. The first-order valence-corrected chi connectivity index (χ1v) is 11.3. The van der Waals surface area contributed by atoms with Gasteiger partial charge in [-0.1, -0.05) is 48.4 Å². The maximum Gasteiger partial charge on any atom is 0.285 e. The van der Waals surface area contributed by atoms with Crippen molar-refractivity contribution < 1.29 is 4.42 Å². The van der Waals surface area contributed by atoms with Crippen molar-refractivity contribution in [3.05, 3.63) is 89.1 Å². The van der Waals surface area contributed by atoms with Crippen molar-refractivity contribution in [2.45, 2.75) is 44.6 Å². The molecule has 0 amide bonds. The second kappa shape index (κ2) is 7.55. The van der Waals surface area contributed by atoms with E-state index in [0.717, 1.165) is 25.2 Å². The maximum atomic E-state index is 5.27. The first-order chi connectivity index (χ1) is 15.7. The van der Waals surface area contributed by atoms with E-state index in [1.807, 2.05) is 6.20 Å². The van der Waals surface area contributed by atoms with E-state index in [2.05, 4.69) is 75.5 Å². The highest BCUT2D eigenvalue weighted by molar-refractivity contribution is 5.53. The molecule has 2 aliphatic rings. The minimum atomic E-state index is 0.174. The third-order valence-corrected chi connectivity index (χ3v) is 7.09. The molecule has 0 unspecified atom stereocenters. The summed E-state index contributed by atoms with van der Waals surface area (Å²) in [6, 6.07) is 18.3. The number of nitrogens with zero attached hydrogens (tertiary/aromatic N) is 5. The summed E-state index contributed by atoms with van der Waals surface area (Å²) in [4.78, 5) is 11.5. The Labute approximate surface area is 187 Å². The summed E-state index contributed by atoms with van der Waals surface area (Å²) in [6.07, 6.45) is 7.86. The first kappa shape index (κ1) is 19.2. The van der Waals surface area contributed by atoms with Gasteiger partial charge in [-0.05, 0) is 55.0 Å². The van der Waals surface area contributed by atoms with E-state index in [1.165, 1.54) is 53.6 Å². The summed E-state index contributed by atoms with van der Waals surface area (Å²) in [7, 11) is 0. The van der Waals surface area contributed by atoms with Gasteiger partial charge < -0.3 is 9.32 Å². The van der Waals surface area contributed by atoms with Crippen LogP contribution in [0.4, 0.5) is 5.69 Å². The number of benzene rings is 2. The number of anilines is 1. The Morgan fingerprint density at radius 3 is 2.38 bits per heavy atom. The molecule has 0 atom stereocenters. The van der Waals surface area contributed by atoms with Gasteiger partial charge in [0.05, 0.1) is 12.2 Å². The smallest absolute Gasteiger partial charge is 0.285 e. The SMILES string of the molecule is Cc1ccc(C2(c3ccc(N4CCc5cnc(-c6nnco6)nc5C4)cc3)CCC2)cc1. The van der Waals surface area contributed by atoms with Gasteiger partial charge in [-0.15, -0.1) is 10.2 Å². The van der Waals surface area contributed by atoms with Crippen LogP contribution >= 0.6 is 0 Å². The van der Waals surface area contributed by atoms with E-state index in [-0.39, 0.29) is 5.41 Å². The lowest BCUT2D eigenvalue weighted by atomic mass is 9.60. The van der Waals surface area contributed by atoms with E-state index < -0.39 is 0 Å². The van der Waals surface area contributed by atoms with Crippen molar-refractivity contribution in [2.75, 3.05) is 11.4 Å². The van der Waals surface area contributed by atoms with E-state index >= 15 is 0 Å². The Morgan fingerprint density at radius 2 is 1.72 bits per heavy atom. The fraction of sp³-hybridized carbons (Fsp3) is 0.308. The number of aromatic nitrogens is 4. The lowest BCUT2D eigenvalue weighted by Crippen LogP contribution is -2.35. The molecule has 4 aromatic rings. The van der Waals surface area contributed by atoms with Crippen molar-refractivity contribution in [1.82, 2.24) is 20.2 Å². The second-order valence-electron chi connectivity index (χ2n) is 8.93. The molecule has 0 bridgehead atoms. The van der Waals surface area contributed by atoms with Gasteiger partial charge in [-0.3, -0.25) is 0 Å². The number of hydrogen-bond acceptors (Lipinski definition) is 6. The molecule has 0 N–H and O–H groups in total. The van der Waals surface area contributed by atoms with Crippen LogP contribution in [0.1, 0.15) is 47.2 Å². The van der Waals surface area contributed by atoms with Crippen LogP contribution in [0, 0.1) is 6.92 Å². The van der Waals surface area contributed by atoms with Gasteiger partial charge in [0.15, 0.2) is 0 Å². The van der Waals surface area contributed by atoms with Crippen LogP contribution in [0.15, 0.2) is 65.5 Å². The fourth-order valence-corrected chi connectivity index (χ4v) is 5.04. The van der Waals surface area contributed by atoms with Crippen molar-refractivity contribution in [1.29, 1.82) is 0 Å². The van der Waals surface area contributed by atoms with Crippen LogP contribution in [-0.2, 0) is 18.4 Å². The highest BCUT2D eigenvalue weighted by Gasteiger charge is 2.40. The van der Waals surface area contributed by atoms with Gasteiger partial charge in [-0.2, -0.15) is 0 Å². The molecule has 1 aliphatic carbocycles. The van der Waals surface area contributed by atoms with Crippen molar-refractivity contribution in [3.8, 4) is 11.7 Å². The third-order valence-electron chi connectivity index (χ3n) is 7.09. The van der Waals surface area contributed by atoms with Crippen molar-refractivity contribution >= 4 is 5.69 Å². The third kappa shape index (κ3) is 3.18. The van der Waals surface area contributed by atoms with Crippen LogP contribution in [0.25, 0.3) is 11.7 Å². The van der Waals surface area contributed by atoms with Gasteiger partial charge in [0.25, 0.3) is 5.89 Å². The molecular weight excluding hydrogens is 398 g/mol. The van der Waals surface area contributed by atoms with E-state index in [4.69, 9.17) is 9.40 Å². The Bertz CT molecular complexity index is 1230. The van der Waals surface area contributed by atoms with Gasteiger partial charge in [0.2, 0.25) is 12.2 Å². The maximum absolute atomic E-state index is 5.27. The quantitative estimate of drug-likeness (QED) is 0.467. The topological polar surface area (TPSA) is 67.9 Å². The molecule has 0 saturated heterocycles. The monoisotopic (exact) mass is 423 g/mol. The minimum Gasteiger partial charge on any atom is -0.421 e. The van der Waals surface area contributed by atoms with E-state index in [0.29, 0.717) is 11.7 Å². The molecule has 2 aromatic carbocycles. The fourth-order valence-electron chi connectivity index (χ4n) is 5.04. The van der Waals surface area contributed by atoms with Gasteiger partial charge in [0, 0.05) is 23.8 Å². The summed E-state index contributed by atoms with van der Waals surface area (Å²) in [5, 5.41) is 7.67. The number of aryl methyl sites for hydroxylation is 1. The zero-order chi connectivity index (χ0) is 21.5. The van der Waals surface area contributed by atoms with Crippen LogP contribution in [0.3, 0.4) is 0 Å². The summed E-state index contributed by atoms with van der Waals surface area (Å²) in [5.74, 6) is 0.847. The zero-order valence-corrected chi connectivity index (χ0v) is 18.2. The average molecular weight is 424 g/mol. The highest BCUT2D eigenvalue weighted by atomic mass is 16.4. The predicted octanol–water partition coefficient (Wildman–Crippen LogP) is 4.87. The van der Waals surface area contributed by atoms with E-state index in [9.17, 15) is 0 Å². The minimum absolute atomic E-state index is 0.174. The average Bonchev–Trinajstić information content (AvgIpc) is 3.34. The van der Waals surface area contributed by atoms with Crippen molar-refractivity contribution in [2.24, 2.45) is 0 Å². The van der Waals surface area contributed by atoms with Crippen LogP contribution in [0.2, 0.25) is 0 Å². The molecule has 32 heavy (non-hydrogen) atoms. The highest BCUT2D eigenvalue weighted by Crippen LogP contribution is 2.49. The van der Waals surface area contributed by atoms with Gasteiger partial charge in [0.1, 0.15) is 0 Å². The predicted molar refractivity (Wildman–Crippen MR) is 122 cm³/mol. The van der Waals surface area contributed by atoms with Crippen molar-refractivity contribution in [3.63, 3.8) is 0 Å². The standard InChI is InChI=1S/C26H25N5O/c1-18-3-5-20(6-4-18)26(12-2-13-26)21-7-9-22(10-8-21)31-14-11-19-15-27-24(29-23(19)16-31)25-30-28-17-32-25/h3-10,15,17H,2,11-14,16H2,1H3. The molecule has 3 heterocycles. The number of fused-ring (bicyclic) bond motifs is 1. The molecule has 2 aromatic heterocycles. The Kier molecular flexibility index (Phi) is 4.52. The van der Waals surface area contributed by atoms with Gasteiger partial charge in [-0.25, -0.2) is 9.97 Å². The summed E-state index contributed by atoms with van der Waals surface area (Å²) in [5.41, 5.74) is 7.81. The second-order valence-corrected chi connectivity index (χ2v) is 8.93. The Hall–Kier alpha value is -3.54. The molecule has 1 saturated carbocycles. The van der Waals surface area contributed by atoms with Crippen LogP contribution in [-0.4, -0.2) is 26.7 Å². The summed E-state index contributed by atoms with van der Waals surface area (Å²) in [6.45, 7) is 3.86. The molecule has 1 fully saturated rings. The first-order valence-electron chi connectivity index (χ1n) is 11.3. The Morgan fingerprint density at radius 1 is 0.969 bits per heavy atom.